The standard InChI is InChI=1S/C12H9BrF3N3O/c1-6-2-3-8(7(13)4-6)17-11-18-9(12(14,15)16)5-10(20)19-11/h2-5H,1H3,(H2,17,18,19,20). The van der Waals surface area contributed by atoms with Gasteiger partial charge in [-0.15, -0.1) is 0 Å². The lowest BCUT2D eigenvalue weighted by atomic mass is 10.2. The molecule has 8 heteroatoms. The van der Waals surface area contributed by atoms with Gasteiger partial charge in [-0.3, -0.25) is 9.78 Å². The Kier molecular flexibility index (Phi) is 3.85. The van der Waals surface area contributed by atoms with E-state index < -0.39 is 17.4 Å². The smallest absolute Gasteiger partial charge is 0.325 e. The van der Waals surface area contributed by atoms with Crippen molar-refractivity contribution in [3.05, 3.63) is 50.3 Å². The topological polar surface area (TPSA) is 57.8 Å². The second kappa shape index (κ2) is 5.28. The molecule has 0 bridgehead atoms. The maximum atomic E-state index is 12.6. The van der Waals surface area contributed by atoms with E-state index in [1.54, 1.807) is 18.2 Å². The van der Waals surface area contributed by atoms with Gasteiger partial charge in [-0.1, -0.05) is 6.07 Å². The molecule has 0 radical (unpaired) electrons. The highest BCUT2D eigenvalue weighted by Gasteiger charge is 2.33. The minimum atomic E-state index is -4.67. The molecule has 0 saturated carbocycles. The fraction of sp³-hybridized carbons (Fsp3) is 0.167. The van der Waals surface area contributed by atoms with Gasteiger partial charge in [-0.25, -0.2) is 4.98 Å². The summed E-state index contributed by atoms with van der Waals surface area (Å²) in [5, 5.41) is 2.64. The summed E-state index contributed by atoms with van der Waals surface area (Å²) in [6.45, 7) is 1.87. The minimum Gasteiger partial charge on any atom is -0.325 e. The Hall–Kier alpha value is -1.83. The van der Waals surface area contributed by atoms with E-state index in [9.17, 15) is 18.0 Å². The number of hydrogen-bond donors (Lipinski definition) is 2. The number of aryl methyl sites for hydroxylation is 1. The number of alkyl halides is 3. The number of nitrogens with one attached hydrogen (secondary N) is 2. The number of anilines is 2. The molecular formula is C12H9BrF3N3O. The van der Waals surface area contributed by atoms with Gasteiger partial charge in [0.2, 0.25) is 5.95 Å². The lowest BCUT2D eigenvalue weighted by Gasteiger charge is -2.10. The maximum Gasteiger partial charge on any atom is 0.433 e. The molecule has 0 aliphatic carbocycles. The van der Waals surface area contributed by atoms with Crippen LogP contribution in [0.3, 0.4) is 0 Å². The van der Waals surface area contributed by atoms with Gasteiger partial charge in [0.1, 0.15) is 0 Å². The average molecular weight is 348 g/mol. The van der Waals surface area contributed by atoms with Crippen molar-refractivity contribution in [2.45, 2.75) is 13.1 Å². The Morgan fingerprint density at radius 1 is 1.30 bits per heavy atom. The Labute approximate surface area is 120 Å². The monoisotopic (exact) mass is 347 g/mol. The molecule has 0 spiro atoms. The van der Waals surface area contributed by atoms with Gasteiger partial charge in [0, 0.05) is 10.5 Å². The van der Waals surface area contributed by atoms with Gasteiger partial charge >= 0.3 is 6.18 Å². The van der Waals surface area contributed by atoms with Gasteiger partial charge in [0.15, 0.2) is 5.69 Å². The highest BCUT2D eigenvalue weighted by atomic mass is 79.9. The van der Waals surface area contributed by atoms with E-state index in [-0.39, 0.29) is 5.95 Å². The molecule has 2 N–H and O–H groups in total. The molecule has 0 aliphatic rings. The molecule has 106 valence electrons. The number of nitrogens with zero attached hydrogens (tertiary/aromatic N) is 1. The molecule has 0 atom stereocenters. The van der Waals surface area contributed by atoms with E-state index in [2.05, 4.69) is 31.2 Å². The van der Waals surface area contributed by atoms with Gasteiger partial charge in [-0.2, -0.15) is 13.2 Å². The normalized spacial score (nSPS) is 11.4. The van der Waals surface area contributed by atoms with Crippen molar-refractivity contribution in [3.63, 3.8) is 0 Å². The first-order valence-electron chi connectivity index (χ1n) is 5.47. The van der Waals surface area contributed by atoms with Gasteiger partial charge in [-0.05, 0) is 40.5 Å². The predicted molar refractivity (Wildman–Crippen MR) is 72.0 cm³/mol. The summed E-state index contributed by atoms with van der Waals surface area (Å²) in [7, 11) is 0. The molecule has 0 saturated heterocycles. The first-order valence-corrected chi connectivity index (χ1v) is 6.27. The Morgan fingerprint density at radius 3 is 2.60 bits per heavy atom. The Bertz CT molecular complexity index is 697. The van der Waals surface area contributed by atoms with Crippen molar-refractivity contribution >= 4 is 27.6 Å². The van der Waals surface area contributed by atoms with Crippen LogP contribution in [-0.4, -0.2) is 9.97 Å². The largest absolute Gasteiger partial charge is 0.433 e. The Morgan fingerprint density at radius 2 is 2.00 bits per heavy atom. The summed E-state index contributed by atoms with van der Waals surface area (Å²) in [6, 6.07) is 5.64. The summed E-state index contributed by atoms with van der Waals surface area (Å²) in [5.74, 6) is -0.269. The van der Waals surface area contributed by atoms with Crippen LogP contribution < -0.4 is 10.9 Å². The molecule has 1 aromatic carbocycles. The molecule has 1 aromatic heterocycles. The molecule has 0 fully saturated rings. The molecule has 1 heterocycles. The van der Waals surface area contributed by atoms with Crippen LogP contribution in [0.2, 0.25) is 0 Å². The molecule has 2 rings (SSSR count). The second-order valence-electron chi connectivity index (χ2n) is 4.09. The summed E-state index contributed by atoms with van der Waals surface area (Å²) in [6.07, 6.45) is -4.67. The van der Waals surface area contributed by atoms with E-state index in [0.717, 1.165) is 5.56 Å². The lowest BCUT2D eigenvalue weighted by molar-refractivity contribution is -0.141. The number of rotatable bonds is 2. The highest BCUT2D eigenvalue weighted by Crippen LogP contribution is 2.28. The summed E-state index contributed by atoms with van der Waals surface area (Å²) < 4.78 is 38.4. The van der Waals surface area contributed by atoms with E-state index in [4.69, 9.17) is 0 Å². The zero-order valence-corrected chi connectivity index (χ0v) is 11.8. The minimum absolute atomic E-state index is 0.269. The predicted octanol–water partition coefficient (Wildman–Crippen LogP) is 3.60. The second-order valence-corrected chi connectivity index (χ2v) is 4.94. The van der Waals surface area contributed by atoms with Crippen molar-refractivity contribution in [2.24, 2.45) is 0 Å². The van der Waals surface area contributed by atoms with Crippen LogP contribution in [0.25, 0.3) is 0 Å². The number of aromatic nitrogens is 2. The first-order chi connectivity index (χ1) is 9.25. The highest BCUT2D eigenvalue weighted by molar-refractivity contribution is 9.10. The van der Waals surface area contributed by atoms with E-state index in [1.807, 2.05) is 6.92 Å². The maximum absolute atomic E-state index is 12.6. The number of H-pyrrole nitrogens is 1. The zero-order valence-electron chi connectivity index (χ0n) is 10.2. The molecule has 0 unspecified atom stereocenters. The van der Waals surface area contributed by atoms with E-state index >= 15 is 0 Å². The third kappa shape index (κ3) is 3.38. The van der Waals surface area contributed by atoms with Crippen LogP contribution in [-0.2, 0) is 6.18 Å². The fourth-order valence-corrected chi connectivity index (χ4v) is 2.10. The van der Waals surface area contributed by atoms with Crippen LogP contribution >= 0.6 is 15.9 Å². The number of benzene rings is 1. The van der Waals surface area contributed by atoms with Gasteiger partial charge < -0.3 is 5.32 Å². The van der Waals surface area contributed by atoms with Gasteiger partial charge in [0.25, 0.3) is 5.56 Å². The van der Waals surface area contributed by atoms with E-state index in [1.165, 1.54) is 0 Å². The van der Waals surface area contributed by atoms with Crippen molar-refractivity contribution in [1.82, 2.24) is 9.97 Å². The SMILES string of the molecule is Cc1ccc(Nc2nc(C(F)(F)F)cc(=O)[nH]2)c(Br)c1. The van der Waals surface area contributed by atoms with Crippen LogP contribution in [0.15, 0.2) is 33.5 Å². The van der Waals surface area contributed by atoms with Crippen molar-refractivity contribution in [3.8, 4) is 0 Å². The lowest BCUT2D eigenvalue weighted by Crippen LogP contribution is -2.17. The van der Waals surface area contributed by atoms with Crippen LogP contribution in [0.4, 0.5) is 24.8 Å². The van der Waals surface area contributed by atoms with Crippen molar-refractivity contribution < 1.29 is 13.2 Å². The summed E-state index contributed by atoms with van der Waals surface area (Å²) >= 11 is 3.28. The molecular weight excluding hydrogens is 339 g/mol. The summed E-state index contributed by atoms with van der Waals surface area (Å²) in [5.41, 5.74) is -0.643. The van der Waals surface area contributed by atoms with Crippen molar-refractivity contribution in [1.29, 1.82) is 0 Å². The average Bonchev–Trinajstić information content (AvgIpc) is 2.31. The number of aromatic amines is 1. The number of hydrogen-bond acceptors (Lipinski definition) is 3. The van der Waals surface area contributed by atoms with Crippen LogP contribution in [0.1, 0.15) is 11.3 Å². The first kappa shape index (κ1) is 14.6. The molecule has 0 aliphatic heterocycles. The molecule has 2 aromatic rings. The zero-order chi connectivity index (χ0) is 14.9. The van der Waals surface area contributed by atoms with Crippen molar-refractivity contribution in [2.75, 3.05) is 5.32 Å². The third-order valence-electron chi connectivity index (χ3n) is 2.41. The van der Waals surface area contributed by atoms with Crippen LogP contribution in [0.5, 0.6) is 0 Å². The number of halogens is 4. The van der Waals surface area contributed by atoms with Crippen LogP contribution in [0, 0.1) is 6.92 Å². The Balaban J connectivity index is 2.39. The third-order valence-corrected chi connectivity index (χ3v) is 3.07. The van der Waals surface area contributed by atoms with Gasteiger partial charge in [0.05, 0.1) is 5.69 Å². The van der Waals surface area contributed by atoms with E-state index in [0.29, 0.717) is 16.2 Å². The molecule has 4 nitrogen and oxygen atoms in total. The molecule has 0 amide bonds. The summed E-state index contributed by atoms with van der Waals surface area (Å²) in [4.78, 5) is 16.8. The fourth-order valence-electron chi connectivity index (χ4n) is 1.51. The quantitative estimate of drug-likeness (QED) is 0.872. The molecule has 20 heavy (non-hydrogen) atoms.